The fourth-order valence-electron chi connectivity index (χ4n) is 2.34. The van der Waals surface area contributed by atoms with Gasteiger partial charge in [-0.2, -0.15) is 4.31 Å². The molecule has 2 N–H and O–H groups in total. The van der Waals surface area contributed by atoms with Crippen molar-refractivity contribution in [2.75, 3.05) is 19.7 Å². The average Bonchev–Trinajstić information content (AvgIpc) is 2.47. The summed E-state index contributed by atoms with van der Waals surface area (Å²) in [4.78, 5) is 37.9. The summed E-state index contributed by atoms with van der Waals surface area (Å²) in [6, 6.07) is 0. The second-order valence-corrected chi connectivity index (χ2v) is 6.80. The Labute approximate surface area is 126 Å². The van der Waals surface area contributed by atoms with Crippen LogP contribution in [0.4, 0.5) is 0 Å². The first kappa shape index (κ1) is 16.4. The third-order valence-electron chi connectivity index (χ3n) is 3.41. The van der Waals surface area contributed by atoms with Crippen LogP contribution in [0.15, 0.2) is 20.7 Å². The highest BCUT2D eigenvalue weighted by atomic mass is 32.2. The number of nitrogens with one attached hydrogen (secondary N) is 2. The highest BCUT2D eigenvalue weighted by Crippen LogP contribution is 2.22. The van der Waals surface area contributed by atoms with Gasteiger partial charge in [-0.1, -0.05) is 0 Å². The molecule has 0 bridgehead atoms. The number of nitrogens with zero attached hydrogens (tertiary/aromatic N) is 1. The molecule has 0 aromatic carbocycles. The molecule has 0 spiro atoms. The molecule has 122 valence electrons. The number of H-pyrrole nitrogens is 2. The van der Waals surface area contributed by atoms with Gasteiger partial charge < -0.3 is 9.72 Å². The zero-order valence-electron chi connectivity index (χ0n) is 12.0. The SMILES string of the molecule is CCOC(=O)[C@H]1CCCN(S(=O)(=O)c2c[nH]c(=O)[nH]c2=O)C1. The molecular formula is C12H17N3O6S. The van der Waals surface area contributed by atoms with Gasteiger partial charge in [0.2, 0.25) is 10.0 Å². The Morgan fingerprint density at radius 2 is 2.18 bits per heavy atom. The first-order valence-corrected chi connectivity index (χ1v) is 8.29. The number of hydrogen-bond acceptors (Lipinski definition) is 6. The number of carbonyl (C=O) groups excluding carboxylic acids is 1. The Bertz CT molecular complexity index is 766. The zero-order chi connectivity index (χ0) is 16.3. The number of ether oxygens (including phenoxy) is 1. The smallest absolute Gasteiger partial charge is 0.325 e. The first-order chi connectivity index (χ1) is 10.4. The Morgan fingerprint density at radius 3 is 2.82 bits per heavy atom. The van der Waals surface area contributed by atoms with E-state index in [-0.39, 0.29) is 19.7 Å². The number of carbonyl (C=O) groups is 1. The van der Waals surface area contributed by atoms with Crippen LogP contribution in [0.1, 0.15) is 19.8 Å². The van der Waals surface area contributed by atoms with Crippen LogP contribution in [0.2, 0.25) is 0 Å². The lowest BCUT2D eigenvalue weighted by molar-refractivity contribution is -0.149. The summed E-state index contributed by atoms with van der Waals surface area (Å²) in [7, 11) is -4.08. The Hall–Kier alpha value is -1.94. The number of esters is 1. The molecule has 1 saturated heterocycles. The largest absolute Gasteiger partial charge is 0.466 e. The lowest BCUT2D eigenvalue weighted by Crippen LogP contribution is -2.44. The molecule has 1 fully saturated rings. The number of aromatic nitrogens is 2. The van der Waals surface area contributed by atoms with Crippen LogP contribution >= 0.6 is 0 Å². The normalized spacial score (nSPS) is 19.8. The van der Waals surface area contributed by atoms with Crippen molar-refractivity contribution >= 4 is 16.0 Å². The van der Waals surface area contributed by atoms with Gasteiger partial charge in [-0.05, 0) is 19.8 Å². The van der Waals surface area contributed by atoms with Gasteiger partial charge in [-0.15, -0.1) is 0 Å². The lowest BCUT2D eigenvalue weighted by Gasteiger charge is -2.30. The Balaban J connectivity index is 2.27. The van der Waals surface area contributed by atoms with Gasteiger partial charge in [0.25, 0.3) is 5.56 Å². The third-order valence-corrected chi connectivity index (χ3v) is 5.28. The summed E-state index contributed by atoms with van der Waals surface area (Å²) < 4.78 is 30.9. The van der Waals surface area contributed by atoms with E-state index in [1.807, 2.05) is 4.98 Å². The first-order valence-electron chi connectivity index (χ1n) is 6.85. The molecule has 1 atom stereocenters. The Kier molecular flexibility index (Phi) is 4.81. The van der Waals surface area contributed by atoms with Crippen molar-refractivity contribution in [2.24, 2.45) is 5.92 Å². The number of hydrogen-bond donors (Lipinski definition) is 2. The minimum atomic E-state index is -4.08. The van der Waals surface area contributed by atoms with Crippen LogP contribution < -0.4 is 11.2 Å². The lowest BCUT2D eigenvalue weighted by atomic mass is 10.0. The van der Waals surface area contributed by atoms with E-state index in [9.17, 15) is 22.8 Å². The fraction of sp³-hybridized carbons (Fsp3) is 0.583. The van der Waals surface area contributed by atoms with Crippen molar-refractivity contribution in [3.8, 4) is 0 Å². The van der Waals surface area contributed by atoms with Gasteiger partial charge in [0, 0.05) is 19.3 Å². The van der Waals surface area contributed by atoms with Crippen LogP contribution in [0.25, 0.3) is 0 Å². The predicted molar refractivity (Wildman–Crippen MR) is 75.8 cm³/mol. The van der Waals surface area contributed by atoms with Crippen LogP contribution in [0.5, 0.6) is 0 Å². The van der Waals surface area contributed by atoms with Crippen molar-refractivity contribution in [3.63, 3.8) is 0 Å². The molecular weight excluding hydrogens is 314 g/mol. The minimum Gasteiger partial charge on any atom is -0.466 e. The molecule has 1 aromatic heterocycles. The van der Waals surface area contributed by atoms with E-state index in [1.54, 1.807) is 6.92 Å². The van der Waals surface area contributed by atoms with Gasteiger partial charge in [0.1, 0.15) is 0 Å². The van der Waals surface area contributed by atoms with E-state index in [4.69, 9.17) is 4.74 Å². The summed E-state index contributed by atoms with van der Waals surface area (Å²) in [5, 5.41) is 0. The molecule has 0 radical (unpaired) electrons. The number of sulfonamides is 1. The van der Waals surface area contributed by atoms with E-state index < -0.39 is 38.1 Å². The summed E-state index contributed by atoms with van der Waals surface area (Å²) in [5.74, 6) is -0.997. The molecule has 2 rings (SSSR count). The maximum absolute atomic E-state index is 12.5. The van der Waals surface area contributed by atoms with Crippen molar-refractivity contribution in [3.05, 3.63) is 27.0 Å². The molecule has 0 unspecified atom stereocenters. The quantitative estimate of drug-likeness (QED) is 0.683. The van der Waals surface area contributed by atoms with Crippen molar-refractivity contribution in [1.29, 1.82) is 0 Å². The van der Waals surface area contributed by atoms with Crippen LogP contribution in [0, 0.1) is 5.92 Å². The van der Waals surface area contributed by atoms with E-state index in [2.05, 4.69) is 4.98 Å². The summed E-state index contributed by atoms with van der Waals surface area (Å²) >= 11 is 0. The summed E-state index contributed by atoms with van der Waals surface area (Å²) in [6.45, 7) is 2.06. The molecule has 2 heterocycles. The highest BCUT2D eigenvalue weighted by Gasteiger charge is 2.35. The maximum atomic E-state index is 12.5. The molecule has 1 aliphatic heterocycles. The van der Waals surface area contributed by atoms with Gasteiger partial charge >= 0.3 is 11.7 Å². The summed E-state index contributed by atoms with van der Waals surface area (Å²) in [5.41, 5.74) is -1.77. The second kappa shape index (κ2) is 6.44. The topological polar surface area (TPSA) is 129 Å². The fourth-order valence-corrected chi connectivity index (χ4v) is 3.86. The predicted octanol–water partition coefficient (Wildman–Crippen LogP) is -0.973. The molecule has 22 heavy (non-hydrogen) atoms. The van der Waals surface area contributed by atoms with Crippen molar-refractivity contribution in [1.82, 2.24) is 14.3 Å². The summed E-state index contributed by atoms with van der Waals surface area (Å²) in [6.07, 6.45) is 1.89. The van der Waals surface area contributed by atoms with Crippen LogP contribution in [-0.2, 0) is 19.6 Å². The van der Waals surface area contributed by atoms with Crippen molar-refractivity contribution in [2.45, 2.75) is 24.7 Å². The van der Waals surface area contributed by atoms with Gasteiger partial charge in [0.05, 0.1) is 12.5 Å². The highest BCUT2D eigenvalue weighted by molar-refractivity contribution is 7.89. The van der Waals surface area contributed by atoms with E-state index in [0.717, 1.165) is 10.5 Å². The van der Waals surface area contributed by atoms with Crippen LogP contribution in [0.3, 0.4) is 0 Å². The standard InChI is InChI=1S/C12H17N3O6S/c1-2-21-11(17)8-4-3-5-15(7-8)22(19,20)9-6-13-12(18)14-10(9)16/h6,8H,2-5,7H2,1H3,(H2,13,14,16,18)/t8-/m0/s1. The van der Waals surface area contributed by atoms with E-state index in [1.165, 1.54) is 0 Å². The average molecular weight is 331 g/mol. The second-order valence-electron chi connectivity index (χ2n) is 4.89. The molecule has 0 saturated carbocycles. The minimum absolute atomic E-state index is 0.0419. The molecule has 0 aliphatic carbocycles. The molecule has 1 aliphatic rings. The van der Waals surface area contributed by atoms with Gasteiger partial charge in [0.15, 0.2) is 4.90 Å². The number of rotatable bonds is 4. The number of aromatic amines is 2. The monoisotopic (exact) mass is 331 g/mol. The zero-order valence-corrected chi connectivity index (χ0v) is 12.8. The third kappa shape index (κ3) is 3.28. The molecule has 10 heteroatoms. The maximum Gasteiger partial charge on any atom is 0.325 e. The van der Waals surface area contributed by atoms with Crippen LogP contribution in [-0.4, -0.2) is 48.4 Å². The van der Waals surface area contributed by atoms with E-state index in [0.29, 0.717) is 12.8 Å². The Morgan fingerprint density at radius 1 is 1.45 bits per heavy atom. The van der Waals surface area contributed by atoms with Gasteiger partial charge in [-0.25, -0.2) is 13.2 Å². The van der Waals surface area contributed by atoms with Gasteiger partial charge in [-0.3, -0.25) is 14.6 Å². The number of piperidine rings is 1. The molecule has 0 amide bonds. The van der Waals surface area contributed by atoms with Crippen molar-refractivity contribution < 1.29 is 17.9 Å². The molecule has 9 nitrogen and oxygen atoms in total. The molecule has 1 aromatic rings. The van der Waals surface area contributed by atoms with E-state index >= 15 is 0 Å².